The first-order valence-electron chi connectivity index (χ1n) is 19.2. The molecule has 0 N–H and O–H groups in total. The van der Waals surface area contributed by atoms with Gasteiger partial charge >= 0.3 is 0 Å². The van der Waals surface area contributed by atoms with Gasteiger partial charge in [0.2, 0.25) is 0 Å². The van der Waals surface area contributed by atoms with Crippen LogP contribution < -0.4 is 0 Å². The zero-order valence-electron chi connectivity index (χ0n) is 31.1. The molecule has 2 heterocycles. The van der Waals surface area contributed by atoms with Crippen molar-refractivity contribution in [2.24, 2.45) is 0 Å². The van der Waals surface area contributed by atoms with Crippen molar-refractivity contribution >= 4 is 32.6 Å². The van der Waals surface area contributed by atoms with Crippen LogP contribution in [0.4, 0.5) is 0 Å². The number of hydrogen-bond acceptors (Lipinski definition) is 3. The Bertz CT molecular complexity index is 3070. The van der Waals surface area contributed by atoms with E-state index in [-0.39, 0.29) is 5.41 Å². The molecule has 0 radical (unpaired) electrons. The van der Waals surface area contributed by atoms with E-state index in [0.29, 0.717) is 17.5 Å². The molecule has 8 aromatic carbocycles. The van der Waals surface area contributed by atoms with Gasteiger partial charge in [0.05, 0.1) is 11.0 Å². The van der Waals surface area contributed by atoms with Crippen LogP contribution in [0.15, 0.2) is 182 Å². The highest BCUT2D eigenvalue weighted by atomic mass is 15.0. The van der Waals surface area contributed by atoms with E-state index in [4.69, 9.17) is 15.0 Å². The second-order valence-corrected chi connectivity index (χ2v) is 15.3. The topological polar surface area (TPSA) is 43.6 Å². The third-order valence-electron chi connectivity index (χ3n) is 11.6. The Morgan fingerprint density at radius 2 is 0.893 bits per heavy atom. The highest BCUT2D eigenvalue weighted by Crippen LogP contribution is 2.50. The van der Waals surface area contributed by atoms with Crippen LogP contribution in [0.5, 0.6) is 0 Å². The summed E-state index contributed by atoms with van der Waals surface area (Å²) in [5, 5.41) is 4.80. The van der Waals surface area contributed by atoms with Gasteiger partial charge in [-0.25, -0.2) is 15.0 Å². The molecule has 0 saturated heterocycles. The monoisotopic (exact) mass is 716 g/mol. The number of rotatable bonds is 5. The lowest BCUT2D eigenvalue weighted by Crippen LogP contribution is -2.14. The molecule has 0 amide bonds. The minimum atomic E-state index is -0.0810. The highest BCUT2D eigenvalue weighted by Gasteiger charge is 2.35. The largest absolute Gasteiger partial charge is 0.309 e. The Hall–Kier alpha value is -7.17. The first-order chi connectivity index (χ1) is 27.5. The molecule has 2 aromatic heterocycles. The van der Waals surface area contributed by atoms with Gasteiger partial charge in [-0.1, -0.05) is 141 Å². The Labute approximate surface area is 325 Å². The SMILES string of the molecule is CC1(C)c2ccccc2-c2cc3cc4c(cc3cc21)c1cc(-c2nc(-c3ccccc3)nc(-c3ccccc3)n2)ccc1n4-c1ccc(-c2ccccc2)cc1. The van der Waals surface area contributed by atoms with E-state index in [1.807, 2.05) is 36.4 Å². The van der Waals surface area contributed by atoms with Crippen molar-refractivity contribution in [1.82, 2.24) is 19.5 Å². The molecule has 0 fully saturated rings. The zero-order chi connectivity index (χ0) is 37.4. The second-order valence-electron chi connectivity index (χ2n) is 15.3. The fraction of sp³-hybridized carbons (Fsp3) is 0.0577. The molecule has 0 atom stereocenters. The van der Waals surface area contributed by atoms with Crippen molar-refractivity contribution in [3.8, 4) is 62.1 Å². The Morgan fingerprint density at radius 1 is 0.375 bits per heavy atom. The maximum absolute atomic E-state index is 5.09. The lowest BCUT2D eigenvalue weighted by Gasteiger charge is -2.21. The van der Waals surface area contributed by atoms with Crippen LogP contribution >= 0.6 is 0 Å². The van der Waals surface area contributed by atoms with Gasteiger partial charge in [-0.15, -0.1) is 0 Å². The molecule has 0 bridgehead atoms. The minimum Gasteiger partial charge on any atom is -0.309 e. The normalized spacial score (nSPS) is 13.0. The summed E-state index contributed by atoms with van der Waals surface area (Å²) in [6, 6.07) is 65.0. The summed E-state index contributed by atoms with van der Waals surface area (Å²) in [4.78, 5) is 15.1. The number of aromatic nitrogens is 4. The molecule has 10 aromatic rings. The van der Waals surface area contributed by atoms with Gasteiger partial charge in [0.1, 0.15) is 0 Å². The van der Waals surface area contributed by atoms with Crippen molar-refractivity contribution in [2.45, 2.75) is 19.3 Å². The fourth-order valence-corrected chi connectivity index (χ4v) is 8.75. The summed E-state index contributed by atoms with van der Waals surface area (Å²) in [6.45, 7) is 4.70. The van der Waals surface area contributed by atoms with Gasteiger partial charge in [-0.05, 0) is 98.8 Å². The predicted octanol–water partition coefficient (Wildman–Crippen LogP) is 13.1. The smallest absolute Gasteiger partial charge is 0.164 e. The molecule has 0 saturated carbocycles. The van der Waals surface area contributed by atoms with Crippen LogP contribution in [0.3, 0.4) is 0 Å². The van der Waals surface area contributed by atoms with E-state index in [1.165, 1.54) is 49.5 Å². The lowest BCUT2D eigenvalue weighted by atomic mass is 9.82. The molecule has 4 heteroatoms. The molecule has 264 valence electrons. The average molecular weight is 717 g/mol. The van der Waals surface area contributed by atoms with Crippen LogP contribution in [0, 0.1) is 0 Å². The lowest BCUT2D eigenvalue weighted by molar-refractivity contribution is 0.661. The molecular weight excluding hydrogens is 681 g/mol. The fourth-order valence-electron chi connectivity index (χ4n) is 8.75. The third kappa shape index (κ3) is 5.10. The van der Waals surface area contributed by atoms with E-state index >= 15 is 0 Å². The Balaban J connectivity index is 1.15. The van der Waals surface area contributed by atoms with E-state index in [1.54, 1.807) is 0 Å². The maximum atomic E-state index is 5.09. The molecule has 1 aliphatic rings. The third-order valence-corrected chi connectivity index (χ3v) is 11.6. The van der Waals surface area contributed by atoms with Crippen LogP contribution in [-0.4, -0.2) is 19.5 Å². The quantitative estimate of drug-likeness (QED) is 0.178. The van der Waals surface area contributed by atoms with Crippen LogP contribution in [0.1, 0.15) is 25.0 Å². The zero-order valence-corrected chi connectivity index (χ0v) is 31.1. The van der Waals surface area contributed by atoms with E-state index in [9.17, 15) is 0 Å². The molecule has 56 heavy (non-hydrogen) atoms. The Kier molecular flexibility index (Phi) is 7.17. The summed E-state index contributed by atoms with van der Waals surface area (Å²) in [5.74, 6) is 1.95. The van der Waals surface area contributed by atoms with Crippen LogP contribution in [0.25, 0.3) is 94.7 Å². The Morgan fingerprint density at radius 3 is 1.55 bits per heavy atom. The summed E-state index contributed by atoms with van der Waals surface area (Å²) >= 11 is 0. The van der Waals surface area contributed by atoms with E-state index in [0.717, 1.165) is 38.8 Å². The standard InChI is InChI=1S/C52H36N4/c1-52(2)45-21-13-12-20-41(45)42-29-39-32-48-44(30-38(39)31-46(42)52)43-28-37(24-27-47(43)56(48)40-25-22-34(23-26-40)33-14-6-3-7-15-33)51-54-49(35-16-8-4-9-17-35)53-50(55-51)36-18-10-5-11-19-36/h3-32H,1-2H3. The summed E-state index contributed by atoms with van der Waals surface area (Å²) in [7, 11) is 0. The van der Waals surface area contributed by atoms with Crippen molar-refractivity contribution in [3.05, 3.63) is 193 Å². The van der Waals surface area contributed by atoms with Gasteiger partial charge in [-0.3, -0.25) is 0 Å². The van der Waals surface area contributed by atoms with Gasteiger partial charge in [0, 0.05) is 38.6 Å². The molecule has 4 nitrogen and oxygen atoms in total. The molecule has 11 rings (SSSR count). The molecular formula is C52H36N4. The molecule has 0 aliphatic heterocycles. The highest BCUT2D eigenvalue weighted by molar-refractivity contribution is 6.15. The van der Waals surface area contributed by atoms with Crippen molar-refractivity contribution in [1.29, 1.82) is 0 Å². The number of fused-ring (bicyclic) bond motifs is 7. The average Bonchev–Trinajstić information content (AvgIpc) is 3.69. The van der Waals surface area contributed by atoms with Crippen LogP contribution in [-0.2, 0) is 5.41 Å². The number of benzene rings is 8. The number of hydrogen-bond donors (Lipinski definition) is 0. The molecule has 0 spiro atoms. The van der Waals surface area contributed by atoms with Crippen LogP contribution in [0.2, 0.25) is 0 Å². The first-order valence-corrected chi connectivity index (χ1v) is 19.2. The summed E-state index contributed by atoms with van der Waals surface area (Å²) in [6.07, 6.45) is 0. The van der Waals surface area contributed by atoms with Gasteiger partial charge in [0.15, 0.2) is 17.5 Å². The maximum Gasteiger partial charge on any atom is 0.164 e. The molecule has 0 unspecified atom stereocenters. The second kappa shape index (κ2) is 12.4. The predicted molar refractivity (Wildman–Crippen MR) is 231 cm³/mol. The first kappa shape index (κ1) is 32.3. The number of nitrogens with zero attached hydrogens (tertiary/aromatic N) is 4. The van der Waals surface area contributed by atoms with Gasteiger partial charge in [-0.2, -0.15) is 0 Å². The van der Waals surface area contributed by atoms with E-state index in [2.05, 4.69) is 164 Å². The van der Waals surface area contributed by atoms with E-state index < -0.39 is 0 Å². The van der Waals surface area contributed by atoms with Crippen molar-refractivity contribution < 1.29 is 0 Å². The minimum absolute atomic E-state index is 0.0810. The van der Waals surface area contributed by atoms with Crippen molar-refractivity contribution in [3.63, 3.8) is 0 Å². The molecule has 1 aliphatic carbocycles. The summed E-state index contributed by atoms with van der Waals surface area (Å²) in [5.41, 5.74) is 14.0. The van der Waals surface area contributed by atoms with Gasteiger partial charge in [0.25, 0.3) is 0 Å². The van der Waals surface area contributed by atoms with Gasteiger partial charge < -0.3 is 4.57 Å². The van der Waals surface area contributed by atoms with Crippen molar-refractivity contribution in [2.75, 3.05) is 0 Å². The summed E-state index contributed by atoms with van der Waals surface area (Å²) < 4.78 is 2.41.